The van der Waals surface area contributed by atoms with Crippen molar-refractivity contribution < 1.29 is 13.2 Å². The molecule has 0 aliphatic rings. The lowest BCUT2D eigenvalue weighted by molar-refractivity contribution is -0.141. The van der Waals surface area contributed by atoms with Crippen LogP contribution in [0.3, 0.4) is 0 Å². The molecule has 1 unspecified atom stereocenters. The summed E-state index contributed by atoms with van der Waals surface area (Å²) in [5.74, 6) is -0.0917. The molecule has 0 spiro atoms. The average Bonchev–Trinajstić information content (AvgIpc) is 3.15. The third-order valence-electron chi connectivity index (χ3n) is 3.82. The Morgan fingerprint density at radius 2 is 1.88 bits per heavy atom. The largest absolute Gasteiger partial charge is 0.433 e. The second-order valence-electron chi connectivity index (χ2n) is 5.61. The van der Waals surface area contributed by atoms with Crippen molar-refractivity contribution in [2.24, 2.45) is 0 Å². The van der Waals surface area contributed by atoms with Gasteiger partial charge in [0.1, 0.15) is 17.6 Å². The highest BCUT2D eigenvalue weighted by molar-refractivity contribution is 5.54. The molecule has 0 amide bonds. The van der Waals surface area contributed by atoms with Crippen molar-refractivity contribution in [3.05, 3.63) is 71.7 Å². The summed E-state index contributed by atoms with van der Waals surface area (Å²) in [5.41, 5.74) is 0.711. The first kappa shape index (κ1) is 17.5. The highest BCUT2D eigenvalue weighted by Gasteiger charge is 2.33. The number of anilines is 1. The van der Waals surface area contributed by atoms with E-state index in [-0.39, 0.29) is 17.4 Å². The Morgan fingerprint density at radius 3 is 2.46 bits per heavy atom. The maximum absolute atomic E-state index is 12.9. The van der Waals surface area contributed by atoms with Gasteiger partial charge in [0.05, 0.1) is 11.3 Å². The minimum Gasteiger partial charge on any atom is -0.362 e. The second-order valence-corrected chi connectivity index (χ2v) is 5.61. The molecule has 1 atom stereocenters. The zero-order chi connectivity index (χ0) is 18.7. The van der Waals surface area contributed by atoms with Crippen LogP contribution in [0.25, 0.3) is 5.69 Å². The summed E-state index contributed by atoms with van der Waals surface area (Å²) in [6.45, 7) is 1.78. The van der Waals surface area contributed by atoms with Gasteiger partial charge in [-0.05, 0) is 42.8 Å². The lowest BCUT2D eigenvalue weighted by atomic mass is 10.1. The number of aromatic nitrogens is 3. The topological polar surface area (TPSA) is 66.5 Å². The molecule has 1 N–H and O–H groups in total. The molecule has 0 fully saturated rings. The normalized spacial score (nSPS) is 12.4. The van der Waals surface area contributed by atoms with Crippen molar-refractivity contribution in [3.63, 3.8) is 0 Å². The summed E-state index contributed by atoms with van der Waals surface area (Å²) in [6.07, 6.45) is -1.09. The van der Waals surface area contributed by atoms with Crippen LogP contribution in [-0.4, -0.2) is 14.8 Å². The van der Waals surface area contributed by atoms with Crippen LogP contribution in [-0.2, 0) is 6.18 Å². The van der Waals surface area contributed by atoms with E-state index in [2.05, 4.69) is 15.4 Å². The van der Waals surface area contributed by atoms with Crippen LogP contribution in [0.1, 0.15) is 29.8 Å². The highest BCUT2D eigenvalue weighted by Crippen LogP contribution is 2.30. The van der Waals surface area contributed by atoms with Crippen LogP contribution in [0, 0.1) is 11.3 Å². The van der Waals surface area contributed by atoms with Crippen LogP contribution >= 0.6 is 0 Å². The van der Waals surface area contributed by atoms with Gasteiger partial charge < -0.3 is 5.32 Å². The van der Waals surface area contributed by atoms with Crippen molar-refractivity contribution in [1.82, 2.24) is 14.8 Å². The predicted octanol–water partition coefficient (Wildman–Crippen LogP) is 4.33. The van der Waals surface area contributed by atoms with Crippen LogP contribution in [0.5, 0.6) is 0 Å². The van der Waals surface area contributed by atoms with Crippen molar-refractivity contribution in [2.45, 2.75) is 19.1 Å². The first-order valence-corrected chi connectivity index (χ1v) is 7.73. The fourth-order valence-electron chi connectivity index (χ4n) is 2.44. The number of benzene rings is 1. The van der Waals surface area contributed by atoms with Gasteiger partial charge in [0.2, 0.25) is 0 Å². The molecule has 1 aromatic carbocycles. The first-order valence-electron chi connectivity index (χ1n) is 7.73. The second kappa shape index (κ2) is 6.88. The minimum absolute atomic E-state index is 0.0537. The van der Waals surface area contributed by atoms with Crippen molar-refractivity contribution in [3.8, 4) is 11.8 Å². The van der Waals surface area contributed by atoms with Crippen molar-refractivity contribution >= 4 is 5.82 Å². The third kappa shape index (κ3) is 3.67. The van der Waals surface area contributed by atoms with E-state index >= 15 is 0 Å². The van der Waals surface area contributed by atoms with Gasteiger partial charge in [-0.15, -0.1) is 0 Å². The summed E-state index contributed by atoms with van der Waals surface area (Å²) >= 11 is 0. The molecular formula is C18H14F3N5. The van der Waals surface area contributed by atoms with Gasteiger partial charge in [0.25, 0.3) is 0 Å². The van der Waals surface area contributed by atoms with Crippen molar-refractivity contribution in [2.75, 3.05) is 5.32 Å². The molecule has 2 heterocycles. The van der Waals surface area contributed by atoms with E-state index in [0.717, 1.165) is 23.4 Å². The molecule has 0 bridgehead atoms. The molecule has 0 saturated heterocycles. The number of nitrogens with zero attached hydrogens (tertiary/aromatic N) is 4. The number of pyridine rings is 1. The van der Waals surface area contributed by atoms with E-state index in [1.165, 1.54) is 0 Å². The number of hydrogen-bond donors (Lipinski definition) is 1. The average molecular weight is 357 g/mol. The summed E-state index contributed by atoms with van der Waals surface area (Å²) in [4.78, 5) is 3.57. The smallest absolute Gasteiger partial charge is 0.362 e. The molecule has 0 aliphatic carbocycles. The Labute approximate surface area is 147 Å². The molecule has 0 saturated carbocycles. The summed E-state index contributed by atoms with van der Waals surface area (Å²) in [6, 6.07) is 12.6. The Bertz CT molecular complexity index is 925. The summed E-state index contributed by atoms with van der Waals surface area (Å²) in [7, 11) is 0. The number of nitrogens with one attached hydrogen (secondary N) is 1. The quantitative estimate of drug-likeness (QED) is 0.755. The molecule has 0 radical (unpaired) electrons. The maximum atomic E-state index is 12.9. The maximum Gasteiger partial charge on any atom is 0.433 e. The van der Waals surface area contributed by atoms with E-state index in [1.807, 2.05) is 36.5 Å². The molecular weight excluding hydrogens is 343 g/mol. The van der Waals surface area contributed by atoms with Crippen molar-refractivity contribution in [1.29, 1.82) is 5.26 Å². The summed E-state index contributed by atoms with van der Waals surface area (Å²) < 4.78 is 40.3. The lowest BCUT2D eigenvalue weighted by Gasteiger charge is -2.17. The minimum atomic E-state index is -4.57. The Morgan fingerprint density at radius 1 is 1.15 bits per heavy atom. The van der Waals surface area contributed by atoms with Gasteiger partial charge in [0, 0.05) is 18.4 Å². The Balaban J connectivity index is 1.83. The summed E-state index contributed by atoms with van der Waals surface area (Å²) in [5, 5.41) is 16.1. The van der Waals surface area contributed by atoms with Crippen LogP contribution in [0.2, 0.25) is 0 Å². The molecule has 2 aromatic heterocycles. The monoisotopic (exact) mass is 357 g/mol. The molecule has 26 heavy (non-hydrogen) atoms. The number of halogens is 3. The standard InChI is InChI=1S/C18H14F3N5/c1-12(13-3-6-15(7-4-13)26-10-2-9-23-26)24-17-14(11-22)5-8-16(25-17)18(19,20)21/h2-10,12H,1H3,(H,24,25). The van der Waals surface area contributed by atoms with Gasteiger partial charge in [0.15, 0.2) is 0 Å². The van der Waals surface area contributed by atoms with Gasteiger partial charge in [-0.3, -0.25) is 0 Å². The molecule has 3 aromatic rings. The molecule has 8 heteroatoms. The van der Waals surface area contributed by atoms with Gasteiger partial charge in [-0.2, -0.15) is 23.5 Å². The fourth-order valence-corrected chi connectivity index (χ4v) is 2.44. The van der Waals surface area contributed by atoms with Crippen LogP contribution in [0.15, 0.2) is 54.9 Å². The zero-order valence-corrected chi connectivity index (χ0v) is 13.7. The van der Waals surface area contributed by atoms with E-state index < -0.39 is 11.9 Å². The van der Waals surface area contributed by atoms with Crippen LogP contribution < -0.4 is 5.32 Å². The van der Waals surface area contributed by atoms with Gasteiger partial charge >= 0.3 is 6.18 Å². The number of hydrogen-bond acceptors (Lipinski definition) is 4. The molecule has 132 valence electrons. The number of rotatable bonds is 4. The predicted molar refractivity (Wildman–Crippen MR) is 89.6 cm³/mol. The fraction of sp³-hybridized carbons (Fsp3) is 0.167. The lowest BCUT2D eigenvalue weighted by Crippen LogP contribution is -2.14. The number of nitriles is 1. The van der Waals surface area contributed by atoms with E-state index in [1.54, 1.807) is 23.9 Å². The first-order chi connectivity index (χ1) is 12.4. The Hall–Kier alpha value is -3.34. The molecule has 5 nitrogen and oxygen atoms in total. The van der Waals surface area contributed by atoms with E-state index in [0.29, 0.717) is 0 Å². The molecule has 3 rings (SSSR count). The van der Waals surface area contributed by atoms with Gasteiger partial charge in [-0.25, -0.2) is 9.67 Å². The van der Waals surface area contributed by atoms with Gasteiger partial charge in [-0.1, -0.05) is 12.1 Å². The highest BCUT2D eigenvalue weighted by atomic mass is 19.4. The van der Waals surface area contributed by atoms with E-state index in [9.17, 15) is 13.2 Å². The van der Waals surface area contributed by atoms with Crippen LogP contribution in [0.4, 0.5) is 19.0 Å². The zero-order valence-electron chi connectivity index (χ0n) is 13.7. The van der Waals surface area contributed by atoms with E-state index in [4.69, 9.17) is 5.26 Å². The Kier molecular flexibility index (Phi) is 4.63. The third-order valence-corrected chi connectivity index (χ3v) is 3.82. The SMILES string of the molecule is CC(Nc1nc(C(F)(F)F)ccc1C#N)c1ccc(-n2cccn2)cc1. The number of alkyl halides is 3. The molecule has 0 aliphatic heterocycles.